The average Bonchev–Trinajstić information content (AvgIpc) is 2.38. The van der Waals surface area contributed by atoms with E-state index in [2.05, 4.69) is 0 Å². The zero-order valence-corrected chi connectivity index (χ0v) is 15.5. The van der Waals surface area contributed by atoms with Gasteiger partial charge in [-0.2, -0.15) is 0 Å². The standard InChI is InChI=1S/C16H34N4.2ClH/c17-15(18)13-11-9-7-5-3-1-2-4-6-8-10-12-14-16(19)20;;/h1-14H2,(H3,17,18)(H3,19,20);2*1H. The molecule has 0 aromatic heterocycles. The van der Waals surface area contributed by atoms with Gasteiger partial charge < -0.3 is 11.5 Å². The minimum atomic E-state index is 0. The maximum absolute atomic E-state index is 7.13. The number of unbranched alkanes of at least 4 members (excludes halogenated alkanes) is 11. The van der Waals surface area contributed by atoms with E-state index in [1.54, 1.807) is 0 Å². The molecule has 0 aliphatic heterocycles. The number of hydrogen-bond acceptors (Lipinski definition) is 2. The molecule has 0 spiro atoms. The fraction of sp³-hybridized carbons (Fsp3) is 0.875. The summed E-state index contributed by atoms with van der Waals surface area (Å²) in [6.07, 6.45) is 16.8. The summed E-state index contributed by atoms with van der Waals surface area (Å²) in [7, 11) is 0. The van der Waals surface area contributed by atoms with Crippen LogP contribution in [0, 0.1) is 10.8 Å². The van der Waals surface area contributed by atoms with Crippen LogP contribution in [-0.2, 0) is 0 Å². The number of nitrogens with two attached hydrogens (primary N) is 2. The molecule has 0 saturated carbocycles. The minimum absolute atomic E-state index is 0. The van der Waals surface area contributed by atoms with Crippen molar-refractivity contribution in [3.05, 3.63) is 0 Å². The Hall–Kier alpha value is -0.480. The monoisotopic (exact) mass is 354 g/mol. The van der Waals surface area contributed by atoms with Crippen LogP contribution in [-0.4, -0.2) is 11.7 Å². The summed E-state index contributed by atoms with van der Waals surface area (Å²) in [6.45, 7) is 0. The van der Waals surface area contributed by atoms with E-state index in [-0.39, 0.29) is 24.8 Å². The zero-order valence-electron chi connectivity index (χ0n) is 13.9. The third-order valence-electron chi connectivity index (χ3n) is 3.64. The molecule has 134 valence electrons. The van der Waals surface area contributed by atoms with Crippen molar-refractivity contribution in [2.45, 2.75) is 89.9 Å². The van der Waals surface area contributed by atoms with Crippen LogP contribution in [0.5, 0.6) is 0 Å². The van der Waals surface area contributed by atoms with Crippen molar-refractivity contribution in [2.75, 3.05) is 0 Å². The molecule has 0 amide bonds. The highest BCUT2D eigenvalue weighted by Crippen LogP contribution is 2.12. The number of hydrogen-bond donors (Lipinski definition) is 4. The molecule has 0 heterocycles. The van der Waals surface area contributed by atoms with Crippen molar-refractivity contribution in [3.63, 3.8) is 0 Å². The highest BCUT2D eigenvalue weighted by molar-refractivity contribution is 5.85. The van der Waals surface area contributed by atoms with E-state index >= 15 is 0 Å². The van der Waals surface area contributed by atoms with Crippen LogP contribution >= 0.6 is 24.8 Å². The first-order valence-corrected chi connectivity index (χ1v) is 8.28. The third kappa shape index (κ3) is 24.5. The third-order valence-corrected chi connectivity index (χ3v) is 3.64. The van der Waals surface area contributed by atoms with E-state index in [0.717, 1.165) is 25.7 Å². The Labute approximate surface area is 149 Å². The van der Waals surface area contributed by atoms with Gasteiger partial charge in [0.05, 0.1) is 11.7 Å². The molecule has 0 bridgehead atoms. The van der Waals surface area contributed by atoms with Gasteiger partial charge in [0.1, 0.15) is 0 Å². The van der Waals surface area contributed by atoms with Gasteiger partial charge in [-0.15, -0.1) is 24.8 Å². The quantitative estimate of drug-likeness (QED) is 0.185. The first kappa shape index (κ1) is 26.4. The van der Waals surface area contributed by atoms with Gasteiger partial charge in [0.25, 0.3) is 0 Å². The molecular formula is C16H36Cl2N4. The molecule has 4 nitrogen and oxygen atoms in total. The van der Waals surface area contributed by atoms with Crippen molar-refractivity contribution in [2.24, 2.45) is 11.5 Å². The summed E-state index contributed by atoms with van der Waals surface area (Å²) in [4.78, 5) is 0. The lowest BCUT2D eigenvalue weighted by Crippen LogP contribution is -2.08. The van der Waals surface area contributed by atoms with Crippen LogP contribution in [0.2, 0.25) is 0 Å². The Morgan fingerprint density at radius 1 is 0.455 bits per heavy atom. The molecule has 6 N–H and O–H groups in total. The maximum atomic E-state index is 7.13. The normalized spacial score (nSPS) is 9.64. The van der Waals surface area contributed by atoms with E-state index in [1.165, 1.54) is 64.2 Å². The van der Waals surface area contributed by atoms with Gasteiger partial charge in [-0.1, -0.05) is 64.2 Å². The predicted octanol–water partition coefficient (Wildman–Crippen LogP) is 5.16. The molecule has 6 heteroatoms. The van der Waals surface area contributed by atoms with E-state index in [9.17, 15) is 0 Å². The van der Waals surface area contributed by atoms with Crippen molar-refractivity contribution in [3.8, 4) is 0 Å². The Morgan fingerprint density at radius 3 is 0.818 bits per heavy atom. The Morgan fingerprint density at radius 2 is 0.636 bits per heavy atom. The van der Waals surface area contributed by atoms with Gasteiger partial charge in [0.15, 0.2) is 0 Å². The van der Waals surface area contributed by atoms with Crippen LogP contribution in [0.3, 0.4) is 0 Å². The van der Waals surface area contributed by atoms with E-state index < -0.39 is 0 Å². The lowest BCUT2D eigenvalue weighted by molar-refractivity contribution is 0.543. The zero-order chi connectivity index (χ0) is 15.1. The second-order valence-corrected chi connectivity index (χ2v) is 5.79. The van der Waals surface area contributed by atoms with E-state index in [1.807, 2.05) is 0 Å². The smallest absolute Gasteiger partial charge is 0.0905 e. The molecule has 0 aliphatic rings. The highest BCUT2D eigenvalue weighted by Gasteiger charge is 1.95. The summed E-state index contributed by atoms with van der Waals surface area (Å²) in [6, 6.07) is 0. The second-order valence-electron chi connectivity index (χ2n) is 5.79. The van der Waals surface area contributed by atoms with Gasteiger partial charge in [0, 0.05) is 12.8 Å². The molecule has 0 aromatic carbocycles. The Kier molecular flexibility index (Phi) is 24.6. The lowest BCUT2D eigenvalue weighted by atomic mass is 10.0. The first-order chi connectivity index (χ1) is 9.63. The van der Waals surface area contributed by atoms with E-state index in [0.29, 0.717) is 11.7 Å². The van der Waals surface area contributed by atoms with Gasteiger partial charge in [0.2, 0.25) is 0 Å². The summed E-state index contributed by atoms with van der Waals surface area (Å²) >= 11 is 0. The summed E-state index contributed by atoms with van der Waals surface area (Å²) < 4.78 is 0. The predicted molar refractivity (Wildman–Crippen MR) is 103 cm³/mol. The molecule has 0 fully saturated rings. The van der Waals surface area contributed by atoms with Crippen LogP contribution in [0.25, 0.3) is 0 Å². The minimum Gasteiger partial charge on any atom is -0.388 e. The number of amidine groups is 2. The number of nitrogens with one attached hydrogen (secondary N) is 2. The van der Waals surface area contributed by atoms with Crippen molar-refractivity contribution in [1.82, 2.24) is 0 Å². The molecule has 22 heavy (non-hydrogen) atoms. The molecule has 0 aliphatic carbocycles. The van der Waals surface area contributed by atoms with Crippen molar-refractivity contribution < 1.29 is 0 Å². The molecule has 0 atom stereocenters. The van der Waals surface area contributed by atoms with Crippen LogP contribution < -0.4 is 11.5 Å². The molecule has 0 radical (unpaired) electrons. The van der Waals surface area contributed by atoms with Crippen molar-refractivity contribution in [1.29, 1.82) is 10.8 Å². The molecule has 0 rings (SSSR count). The van der Waals surface area contributed by atoms with E-state index in [4.69, 9.17) is 22.3 Å². The lowest BCUT2D eigenvalue weighted by Gasteiger charge is -2.03. The maximum Gasteiger partial charge on any atom is 0.0905 e. The average molecular weight is 355 g/mol. The van der Waals surface area contributed by atoms with Crippen LogP contribution in [0.1, 0.15) is 89.9 Å². The number of rotatable bonds is 15. The first-order valence-electron chi connectivity index (χ1n) is 8.28. The Balaban J connectivity index is -0.00000180. The van der Waals surface area contributed by atoms with Crippen LogP contribution in [0.4, 0.5) is 0 Å². The molecule has 0 saturated heterocycles. The number of halogens is 2. The molecule has 0 unspecified atom stereocenters. The fourth-order valence-corrected chi connectivity index (χ4v) is 2.40. The van der Waals surface area contributed by atoms with Crippen molar-refractivity contribution >= 4 is 36.5 Å². The summed E-state index contributed by atoms with van der Waals surface area (Å²) in [5.74, 6) is 0.654. The van der Waals surface area contributed by atoms with Gasteiger partial charge in [-0.3, -0.25) is 10.8 Å². The topological polar surface area (TPSA) is 99.7 Å². The highest BCUT2D eigenvalue weighted by atomic mass is 35.5. The van der Waals surface area contributed by atoms with Gasteiger partial charge in [-0.05, 0) is 12.8 Å². The van der Waals surface area contributed by atoms with Gasteiger partial charge in [-0.25, -0.2) is 0 Å². The molecule has 0 aromatic rings. The Bertz CT molecular complexity index is 235. The molecular weight excluding hydrogens is 319 g/mol. The summed E-state index contributed by atoms with van der Waals surface area (Å²) in [5.41, 5.74) is 10.6. The summed E-state index contributed by atoms with van der Waals surface area (Å²) in [5, 5.41) is 14.3. The second kappa shape index (κ2) is 20.5. The SMILES string of the molecule is Cl.Cl.N=C(N)CCCCCCCCCCCCCCC(=N)N. The largest absolute Gasteiger partial charge is 0.388 e. The van der Waals surface area contributed by atoms with Gasteiger partial charge >= 0.3 is 0 Å². The van der Waals surface area contributed by atoms with Crippen LogP contribution in [0.15, 0.2) is 0 Å². The fourth-order valence-electron chi connectivity index (χ4n) is 2.40.